The van der Waals surface area contributed by atoms with Crippen LogP contribution < -0.4 is 0 Å². The van der Waals surface area contributed by atoms with Crippen LogP contribution >= 0.6 is 6.72 Å². The highest BCUT2D eigenvalue weighted by molar-refractivity contribution is 8.07. The van der Waals surface area contributed by atoms with Crippen LogP contribution in [0.3, 0.4) is 0 Å². The zero-order valence-electron chi connectivity index (χ0n) is 11.0. The number of rotatable bonds is 6. The van der Waals surface area contributed by atoms with Crippen LogP contribution in [-0.4, -0.2) is 30.3 Å². The van der Waals surface area contributed by atoms with Crippen LogP contribution in [0.25, 0.3) is 0 Å². The average Bonchev–Trinajstić information content (AvgIpc) is 2.60. The molecule has 0 radical (unpaired) electrons. The summed E-state index contributed by atoms with van der Waals surface area (Å²) >= 11 is 4.93. The van der Waals surface area contributed by atoms with Gasteiger partial charge in [0.1, 0.15) is 0 Å². The minimum Gasteiger partial charge on any atom is -0.375 e. The van der Waals surface area contributed by atoms with E-state index in [0.717, 1.165) is 13.0 Å². The third kappa shape index (κ3) is 5.33. The summed E-state index contributed by atoms with van der Waals surface area (Å²) in [4.78, 5) is 9.80. The van der Waals surface area contributed by atoms with Crippen molar-refractivity contribution >= 4 is 18.5 Å². The summed E-state index contributed by atoms with van der Waals surface area (Å²) in [6, 6.07) is 0. The standard InChI is InChI=1S/C11H23O4PS/c1-8(2)10-5-6-13-11(10)7-14-16(12,17)15-9(3)4/h8-11H,5-7H2,1-4H3,(H,12,17)/t10-,11?,16?/m1/s1. The van der Waals surface area contributed by atoms with E-state index in [1.807, 2.05) is 13.8 Å². The Labute approximate surface area is 109 Å². The Hall–Kier alpha value is 0.490. The van der Waals surface area contributed by atoms with E-state index in [-0.39, 0.29) is 12.2 Å². The zero-order chi connectivity index (χ0) is 13.1. The zero-order valence-corrected chi connectivity index (χ0v) is 12.7. The monoisotopic (exact) mass is 282 g/mol. The molecule has 4 nitrogen and oxygen atoms in total. The van der Waals surface area contributed by atoms with Gasteiger partial charge in [0.25, 0.3) is 0 Å². The second-order valence-electron chi connectivity index (χ2n) is 5.02. The molecule has 0 aliphatic carbocycles. The van der Waals surface area contributed by atoms with Crippen molar-refractivity contribution in [1.29, 1.82) is 0 Å². The van der Waals surface area contributed by atoms with E-state index in [9.17, 15) is 4.89 Å². The molecular formula is C11H23O4PS. The van der Waals surface area contributed by atoms with E-state index in [1.54, 1.807) is 0 Å². The highest BCUT2D eigenvalue weighted by Crippen LogP contribution is 2.46. The number of ether oxygens (including phenoxy) is 1. The van der Waals surface area contributed by atoms with Gasteiger partial charge in [0, 0.05) is 6.61 Å². The van der Waals surface area contributed by atoms with Crippen LogP contribution in [0.1, 0.15) is 34.1 Å². The summed E-state index contributed by atoms with van der Waals surface area (Å²) in [5, 5.41) is 0. The van der Waals surface area contributed by atoms with Gasteiger partial charge < -0.3 is 18.7 Å². The maximum absolute atomic E-state index is 9.80. The molecule has 3 atom stereocenters. The van der Waals surface area contributed by atoms with Gasteiger partial charge in [0.15, 0.2) is 0 Å². The molecule has 1 heterocycles. The molecule has 1 saturated heterocycles. The third-order valence-electron chi connectivity index (χ3n) is 2.86. The third-order valence-corrected chi connectivity index (χ3v) is 4.60. The van der Waals surface area contributed by atoms with Crippen molar-refractivity contribution in [2.45, 2.75) is 46.3 Å². The summed E-state index contributed by atoms with van der Waals surface area (Å²) < 4.78 is 16.1. The van der Waals surface area contributed by atoms with Crippen molar-refractivity contribution in [1.82, 2.24) is 0 Å². The van der Waals surface area contributed by atoms with E-state index in [4.69, 9.17) is 25.6 Å². The molecule has 2 unspecified atom stereocenters. The molecule has 0 amide bonds. The lowest BCUT2D eigenvalue weighted by Crippen LogP contribution is -2.25. The van der Waals surface area contributed by atoms with Crippen LogP contribution in [-0.2, 0) is 25.6 Å². The maximum Gasteiger partial charge on any atom is 0.324 e. The topological polar surface area (TPSA) is 47.9 Å². The number of hydrogen-bond donors (Lipinski definition) is 1. The first-order chi connectivity index (χ1) is 7.82. The largest absolute Gasteiger partial charge is 0.375 e. The van der Waals surface area contributed by atoms with Gasteiger partial charge in [0.2, 0.25) is 0 Å². The maximum atomic E-state index is 9.80. The smallest absolute Gasteiger partial charge is 0.324 e. The molecule has 6 heteroatoms. The first-order valence-electron chi connectivity index (χ1n) is 6.09. The van der Waals surface area contributed by atoms with Gasteiger partial charge in [-0.05, 0) is 43.9 Å². The highest BCUT2D eigenvalue weighted by atomic mass is 32.5. The van der Waals surface area contributed by atoms with Crippen molar-refractivity contribution in [2.75, 3.05) is 13.2 Å². The second-order valence-corrected chi connectivity index (χ2v) is 7.81. The van der Waals surface area contributed by atoms with E-state index >= 15 is 0 Å². The van der Waals surface area contributed by atoms with Crippen LogP contribution in [0.15, 0.2) is 0 Å². The molecular weight excluding hydrogens is 259 g/mol. The van der Waals surface area contributed by atoms with E-state index in [2.05, 4.69) is 13.8 Å². The van der Waals surface area contributed by atoms with Gasteiger partial charge in [-0.3, -0.25) is 0 Å². The van der Waals surface area contributed by atoms with Crippen LogP contribution in [0, 0.1) is 11.8 Å². The highest BCUT2D eigenvalue weighted by Gasteiger charge is 2.32. The molecule has 0 spiro atoms. The Balaban J connectivity index is 2.42. The van der Waals surface area contributed by atoms with Gasteiger partial charge in [0.05, 0.1) is 18.8 Å². The first-order valence-corrected chi connectivity index (χ1v) is 8.68. The minimum absolute atomic E-state index is 0.0280. The van der Waals surface area contributed by atoms with E-state index in [0.29, 0.717) is 18.4 Å². The fourth-order valence-corrected chi connectivity index (χ4v) is 3.69. The predicted molar refractivity (Wildman–Crippen MR) is 71.4 cm³/mol. The molecule has 1 aliphatic heterocycles. The SMILES string of the molecule is CC(C)OP(O)(=S)OCC1OCC[C@@H]1C(C)C. The summed E-state index contributed by atoms with van der Waals surface area (Å²) in [6.45, 7) is 5.97. The number of hydrogen-bond acceptors (Lipinski definition) is 4. The van der Waals surface area contributed by atoms with Crippen molar-refractivity contribution in [2.24, 2.45) is 11.8 Å². The molecule has 102 valence electrons. The van der Waals surface area contributed by atoms with Crippen LogP contribution in [0.5, 0.6) is 0 Å². The fourth-order valence-electron chi connectivity index (χ4n) is 2.06. The Bertz CT molecular complexity index is 283. The van der Waals surface area contributed by atoms with Gasteiger partial charge in [-0.15, -0.1) is 0 Å². The average molecular weight is 282 g/mol. The Morgan fingerprint density at radius 3 is 2.59 bits per heavy atom. The fraction of sp³-hybridized carbons (Fsp3) is 1.00. The van der Waals surface area contributed by atoms with E-state index in [1.165, 1.54) is 0 Å². The molecule has 0 bridgehead atoms. The minimum atomic E-state index is -3.10. The molecule has 17 heavy (non-hydrogen) atoms. The van der Waals surface area contributed by atoms with Gasteiger partial charge in [-0.1, -0.05) is 13.8 Å². The van der Waals surface area contributed by atoms with Crippen molar-refractivity contribution in [3.8, 4) is 0 Å². The summed E-state index contributed by atoms with van der Waals surface area (Å²) in [7, 11) is 0. The molecule has 0 aromatic rings. The quantitative estimate of drug-likeness (QED) is 0.759. The van der Waals surface area contributed by atoms with Crippen LogP contribution in [0.2, 0.25) is 0 Å². The Kier molecular flexibility index (Phi) is 6.03. The second kappa shape index (κ2) is 6.60. The molecule has 1 rings (SSSR count). The lowest BCUT2D eigenvalue weighted by molar-refractivity contribution is 0.0291. The molecule has 1 N–H and O–H groups in total. The van der Waals surface area contributed by atoms with Crippen molar-refractivity contribution < 1.29 is 18.7 Å². The normalized spacial score (nSPS) is 28.9. The van der Waals surface area contributed by atoms with Gasteiger partial charge in [-0.25, -0.2) is 0 Å². The first kappa shape index (κ1) is 15.5. The molecule has 1 aliphatic rings. The molecule has 1 fully saturated rings. The van der Waals surface area contributed by atoms with Gasteiger partial charge >= 0.3 is 6.72 Å². The summed E-state index contributed by atoms with van der Waals surface area (Å²) in [5.74, 6) is 1.03. The van der Waals surface area contributed by atoms with Crippen molar-refractivity contribution in [3.63, 3.8) is 0 Å². The molecule has 0 aromatic heterocycles. The van der Waals surface area contributed by atoms with Gasteiger partial charge in [-0.2, -0.15) is 0 Å². The summed E-state index contributed by atoms with van der Waals surface area (Å²) in [6.07, 6.45) is 0.946. The predicted octanol–water partition coefficient (Wildman–Crippen LogP) is 2.71. The summed E-state index contributed by atoms with van der Waals surface area (Å²) in [5.41, 5.74) is 0. The lowest BCUT2D eigenvalue weighted by atomic mass is 9.90. The van der Waals surface area contributed by atoms with Crippen molar-refractivity contribution in [3.05, 3.63) is 0 Å². The lowest BCUT2D eigenvalue weighted by Gasteiger charge is -2.24. The Morgan fingerprint density at radius 2 is 2.06 bits per heavy atom. The Morgan fingerprint density at radius 1 is 1.41 bits per heavy atom. The van der Waals surface area contributed by atoms with Crippen LogP contribution in [0.4, 0.5) is 0 Å². The molecule has 0 saturated carbocycles. The van der Waals surface area contributed by atoms with E-state index < -0.39 is 6.72 Å². The molecule has 0 aromatic carbocycles.